The molecule has 1 N–H and O–H groups in total. The molecule has 2 heterocycles. The smallest absolute Gasteiger partial charge is 0.246 e. The fraction of sp³-hybridized carbons (Fsp3) is 0.435. The van der Waals surface area contributed by atoms with Gasteiger partial charge in [0.15, 0.2) is 0 Å². The van der Waals surface area contributed by atoms with Crippen molar-refractivity contribution < 1.29 is 14.3 Å². The molecule has 1 aliphatic heterocycles. The molecule has 3 rings (SSSR count). The lowest BCUT2D eigenvalue weighted by atomic mass is 10.2. The van der Waals surface area contributed by atoms with Gasteiger partial charge in [0.05, 0.1) is 17.2 Å². The van der Waals surface area contributed by atoms with Crippen molar-refractivity contribution in [2.45, 2.75) is 26.9 Å². The maximum atomic E-state index is 12.5. The van der Waals surface area contributed by atoms with E-state index in [1.54, 1.807) is 17.4 Å². The number of hydrogen-bond donors (Lipinski definition) is 1. The Morgan fingerprint density at radius 2 is 2.06 bits per heavy atom. The molecule has 0 radical (unpaired) electrons. The number of piperazine rings is 1. The molecular formula is C23H30N4O3S. The minimum Gasteiger partial charge on any atom is -0.487 e. The summed E-state index contributed by atoms with van der Waals surface area (Å²) in [6.45, 7) is 8.20. The molecule has 0 atom stereocenters. The molecule has 0 unspecified atom stereocenters. The second-order valence-corrected chi connectivity index (χ2v) is 8.57. The van der Waals surface area contributed by atoms with E-state index in [2.05, 4.69) is 15.2 Å². The van der Waals surface area contributed by atoms with Crippen molar-refractivity contribution in [1.29, 1.82) is 0 Å². The fourth-order valence-electron chi connectivity index (χ4n) is 3.26. The number of amides is 2. The minimum atomic E-state index is -0.0145. The average Bonchev–Trinajstić information content (AvgIpc) is 3.20. The summed E-state index contributed by atoms with van der Waals surface area (Å²) >= 11 is 1.61. The van der Waals surface area contributed by atoms with E-state index in [-0.39, 0.29) is 11.8 Å². The molecule has 1 aromatic heterocycles. The van der Waals surface area contributed by atoms with Gasteiger partial charge in [-0.15, -0.1) is 11.3 Å². The van der Waals surface area contributed by atoms with Crippen molar-refractivity contribution in [3.05, 3.63) is 52.0 Å². The van der Waals surface area contributed by atoms with Crippen LogP contribution in [0.4, 0.5) is 0 Å². The third-order valence-corrected chi connectivity index (χ3v) is 5.78. The van der Waals surface area contributed by atoms with E-state index in [1.165, 1.54) is 0 Å². The number of carbonyl (C=O) groups excluding carboxylic acids is 2. The van der Waals surface area contributed by atoms with E-state index in [9.17, 15) is 9.59 Å². The number of thiazole rings is 1. The summed E-state index contributed by atoms with van der Waals surface area (Å²) in [5.41, 5.74) is 1.83. The number of carbonyl (C=O) groups is 2. The number of aryl methyl sites for hydroxylation is 1. The SMILES string of the molecule is CCCNC(=O)CN1CCN(C(=O)/C=C/c2cccc(OCc3csc(C)n3)c2)CC1. The molecule has 8 heteroatoms. The summed E-state index contributed by atoms with van der Waals surface area (Å²) in [4.78, 5) is 32.7. The lowest BCUT2D eigenvalue weighted by molar-refractivity contribution is -0.128. The third kappa shape index (κ3) is 7.48. The van der Waals surface area contributed by atoms with Gasteiger partial charge in [0.1, 0.15) is 12.4 Å². The zero-order valence-corrected chi connectivity index (χ0v) is 19.0. The normalized spacial score (nSPS) is 14.7. The predicted octanol–water partition coefficient (Wildman–Crippen LogP) is 2.71. The van der Waals surface area contributed by atoms with Gasteiger partial charge in [-0.05, 0) is 37.1 Å². The number of ether oxygens (including phenoxy) is 1. The van der Waals surface area contributed by atoms with Crippen LogP contribution in [0.25, 0.3) is 6.08 Å². The van der Waals surface area contributed by atoms with Crippen molar-refractivity contribution in [2.75, 3.05) is 39.3 Å². The molecule has 0 bridgehead atoms. The second kappa shape index (κ2) is 11.6. The maximum Gasteiger partial charge on any atom is 0.246 e. The molecule has 0 saturated carbocycles. The van der Waals surface area contributed by atoms with Crippen LogP contribution in [0.1, 0.15) is 29.6 Å². The van der Waals surface area contributed by atoms with Crippen LogP contribution in [-0.4, -0.2) is 65.9 Å². The Bertz CT molecular complexity index is 904. The number of benzene rings is 1. The molecule has 1 aliphatic rings. The quantitative estimate of drug-likeness (QED) is 0.605. The van der Waals surface area contributed by atoms with Gasteiger partial charge in [0.2, 0.25) is 11.8 Å². The van der Waals surface area contributed by atoms with Gasteiger partial charge in [0, 0.05) is 44.2 Å². The van der Waals surface area contributed by atoms with E-state index in [0.29, 0.717) is 45.9 Å². The topological polar surface area (TPSA) is 74.8 Å². The van der Waals surface area contributed by atoms with E-state index in [1.807, 2.05) is 54.5 Å². The van der Waals surface area contributed by atoms with Crippen molar-refractivity contribution in [3.63, 3.8) is 0 Å². The minimum absolute atomic E-state index is 0.0145. The predicted molar refractivity (Wildman–Crippen MR) is 123 cm³/mol. The standard InChI is InChI=1S/C23H30N4O3S/c1-3-9-24-22(28)15-26-10-12-27(13-11-26)23(29)8-7-19-5-4-6-21(14-19)30-16-20-17-31-18(2)25-20/h4-8,14,17H,3,9-13,15-16H2,1-2H3,(H,24,28)/b8-7+. The summed E-state index contributed by atoms with van der Waals surface area (Å²) in [5, 5.41) is 5.91. The van der Waals surface area contributed by atoms with Crippen molar-refractivity contribution >= 4 is 29.2 Å². The molecule has 0 aliphatic carbocycles. The van der Waals surface area contributed by atoms with E-state index in [0.717, 1.165) is 28.4 Å². The van der Waals surface area contributed by atoms with Gasteiger partial charge in [-0.1, -0.05) is 19.1 Å². The maximum absolute atomic E-state index is 12.5. The number of hydrogen-bond acceptors (Lipinski definition) is 6. The molecular weight excluding hydrogens is 412 g/mol. The highest BCUT2D eigenvalue weighted by molar-refractivity contribution is 7.09. The number of nitrogens with zero attached hydrogens (tertiary/aromatic N) is 3. The Morgan fingerprint density at radius 3 is 2.77 bits per heavy atom. The van der Waals surface area contributed by atoms with E-state index >= 15 is 0 Å². The Labute approximate surface area is 187 Å². The van der Waals surface area contributed by atoms with Crippen molar-refractivity contribution in [2.24, 2.45) is 0 Å². The molecule has 0 spiro atoms. The first kappa shape index (κ1) is 23.0. The van der Waals surface area contributed by atoms with Gasteiger partial charge in [-0.25, -0.2) is 4.98 Å². The van der Waals surface area contributed by atoms with E-state index < -0.39 is 0 Å². The van der Waals surface area contributed by atoms with Gasteiger partial charge in [0.25, 0.3) is 0 Å². The first-order valence-corrected chi connectivity index (χ1v) is 11.5. The zero-order chi connectivity index (χ0) is 22.1. The van der Waals surface area contributed by atoms with Crippen LogP contribution in [0, 0.1) is 6.92 Å². The molecule has 1 aromatic carbocycles. The lowest BCUT2D eigenvalue weighted by Crippen LogP contribution is -2.50. The number of rotatable bonds is 9. The van der Waals surface area contributed by atoms with Crippen LogP contribution in [0.5, 0.6) is 5.75 Å². The summed E-state index contributed by atoms with van der Waals surface area (Å²) in [6.07, 6.45) is 4.35. The second-order valence-electron chi connectivity index (χ2n) is 7.50. The fourth-order valence-corrected chi connectivity index (χ4v) is 3.86. The highest BCUT2D eigenvalue weighted by Crippen LogP contribution is 2.17. The largest absolute Gasteiger partial charge is 0.487 e. The summed E-state index contributed by atoms with van der Waals surface area (Å²) in [5.74, 6) is 0.781. The van der Waals surface area contributed by atoms with Crippen LogP contribution in [0.2, 0.25) is 0 Å². The number of nitrogens with one attached hydrogen (secondary N) is 1. The third-order valence-electron chi connectivity index (χ3n) is 4.95. The summed E-state index contributed by atoms with van der Waals surface area (Å²) in [7, 11) is 0. The van der Waals surface area contributed by atoms with Crippen LogP contribution < -0.4 is 10.1 Å². The Balaban J connectivity index is 1.45. The van der Waals surface area contributed by atoms with Crippen LogP contribution in [0.3, 0.4) is 0 Å². The van der Waals surface area contributed by atoms with Crippen LogP contribution in [0.15, 0.2) is 35.7 Å². The van der Waals surface area contributed by atoms with Crippen LogP contribution in [-0.2, 0) is 16.2 Å². The molecule has 31 heavy (non-hydrogen) atoms. The Morgan fingerprint density at radius 1 is 1.26 bits per heavy atom. The van der Waals surface area contributed by atoms with E-state index in [4.69, 9.17) is 4.74 Å². The summed E-state index contributed by atoms with van der Waals surface area (Å²) < 4.78 is 5.81. The molecule has 166 valence electrons. The van der Waals surface area contributed by atoms with Gasteiger partial charge in [-0.2, -0.15) is 0 Å². The Hall–Kier alpha value is -2.71. The molecule has 1 fully saturated rings. The van der Waals surface area contributed by atoms with Gasteiger partial charge < -0.3 is 15.0 Å². The molecule has 2 aromatic rings. The zero-order valence-electron chi connectivity index (χ0n) is 18.2. The van der Waals surface area contributed by atoms with Crippen LogP contribution >= 0.6 is 11.3 Å². The monoisotopic (exact) mass is 442 g/mol. The highest BCUT2D eigenvalue weighted by atomic mass is 32.1. The summed E-state index contributed by atoms with van der Waals surface area (Å²) in [6, 6.07) is 7.66. The molecule has 7 nitrogen and oxygen atoms in total. The average molecular weight is 443 g/mol. The molecule has 2 amide bonds. The van der Waals surface area contributed by atoms with Gasteiger partial charge >= 0.3 is 0 Å². The first-order chi connectivity index (χ1) is 15.0. The lowest BCUT2D eigenvalue weighted by Gasteiger charge is -2.33. The highest BCUT2D eigenvalue weighted by Gasteiger charge is 2.21. The Kier molecular flexibility index (Phi) is 8.61. The van der Waals surface area contributed by atoms with Crippen molar-refractivity contribution in [1.82, 2.24) is 20.1 Å². The number of aromatic nitrogens is 1. The first-order valence-electron chi connectivity index (χ1n) is 10.6. The van der Waals surface area contributed by atoms with Crippen molar-refractivity contribution in [3.8, 4) is 5.75 Å². The van der Waals surface area contributed by atoms with Gasteiger partial charge in [-0.3, -0.25) is 14.5 Å². The molecule has 1 saturated heterocycles.